The SMILES string of the molecule is COC(=O)c1ccc(C(=O)N2CCCc3ccccc32)cc1. The average molecular weight is 295 g/mol. The summed E-state index contributed by atoms with van der Waals surface area (Å²) in [5.41, 5.74) is 3.20. The van der Waals surface area contributed by atoms with E-state index in [-0.39, 0.29) is 5.91 Å². The number of esters is 1. The molecule has 4 nitrogen and oxygen atoms in total. The van der Waals surface area contributed by atoms with E-state index >= 15 is 0 Å². The highest BCUT2D eigenvalue weighted by atomic mass is 16.5. The van der Waals surface area contributed by atoms with Gasteiger partial charge in [0, 0.05) is 17.8 Å². The molecule has 0 spiro atoms. The van der Waals surface area contributed by atoms with E-state index in [4.69, 9.17) is 0 Å². The smallest absolute Gasteiger partial charge is 0.337 e. The molecule has 112 valence electrons. The molecule has 2 aromatic rings. The van der Waals surface area contributed by atoms with Crippen molar-refractivity contribution in [3.8, 4) is 0 Å². The van der Waals surface area contributed by atoms with Crippen LogP contribution < -0.4 is 4.90 Å². The Balaban J connectivity index is 1.87. The summed E-state index contributed by atoms with van der Waals surface area (Å²) in [4.78, 5) is 26.0. The first-order valence-electron chi connectivity index (χ1n) is 7.29. The number of fused-ring (bicyclic) bond motifs is 1. The van der Waals surface area contributed by atoms with Crippen molar-refractivity contribution in [1.29, 1.82) is 0 Å². The highest BCUT2D eigenvalue weighted by Crippen LogP contribution is 2.28. The van der Waals surface area contributed by atoms with Crippen molar-refractivity contribution in [3.05, 3.63) is 65.2 Å². The van der Waals surface area contributed by atoms with Gasteiger partial charge < -0.3 is 9.64 Å². The molecule has 0 saturated carbocycles. The summed E-state index contributed by atoms with van der Waals surface area (Å²) < 4.78 is 4.67. The topological polar surface area (TPSA) is 46.6 Å². The number of nitrogens with zero attached hydrogens (tertiary/aromatic N) is 1. The van der Waals surface area contributed by atoms with Gasteiger partial charge >= 0.3 is 5.97 Å². The van der Waals surface area contributed by atoms with Crippen LogP contribution in [0.4, 0.5) is 5.69 Å². The lowest BCUT2D eigenvalue weighted by atomic mass is 10.0. The fourth-order valence-electron chi connectivity index (χ4n) is 2.77. The molecule has 0 aliphatic carbocycles. The lowest BCUT2D eigenvalue weighted by Gasteiger charge is -2.29. The van der Waals surface area contributed by atoms with Gasteiger partial charge in [-0.05, 0) is 48.7 Å². The molecule has 3 rings (SSSR count). The normalized spacial score (nSPS) is 13.4. The Morgan fingerprint density at radius 3 is 2.41 bits per heavy atom. The quantitative estimate of drug-likeness (QED) is 0.800. The molecule has 0 atom stereocenters. The van der Waals surface area contributed by atoms with Crippen molar-refractivity contribution in [1.82, 2.24) is 0 Å². The number of hydrogen-bond donors (Lipinski definition) is 0. The van der Waals surface area contributed by atoms with Crippen molar-refractivity contribution in [3.63, 3.8) is 0 Å². The van der Waals surface area contributed by atoms with E-state index in [0.29, 0.717) is 17.7 Å². The molecule has 0 radical (unpaired) electrons. The van der Waals surface area contributed by atoms with Gasteiger partial charge in [-0.3, -0.25) is 4.79 Å². The highest BCUT2D eigenvalue weighted by molar-refractivity contribution is 6.07. The Labute approximate surface area is 129 Å². The van der Waals surface area contributed by atoms with Crippen LogP contribution in [0.1, 0.15) is 32.7 Å². The van der Waals surface area contributed by atoms with Gasteiger partial charge in [-0.25, -0.2) is 4.79 Å². The van der Waals surface area contributed by atoms with Gasteiger partial charge in [0.25, 0.3) is 5.91 Å². The first-order valence-corrected chi connectivity index (χ1v) is 7.29. The molecule has 22 heavy (non-hydrogen) atoms. The number of ether oxygens (including phenoxy) is 1. The minimum Gasteiger partial charge on any atom is -0.465 e. The summed E-state index contributed by atoms with van der Waals surface area (Å²) >= 11 is 0. The number of benzene rings is 2. The molecule has 0 bridgehead atoms. The number of amides is 1. The predicted octanol–water partition coefficient (Wildman–Crippen LogP) is 3.07. The average Bonchev–Trinajstić information content (AvgIpc) is 2.60. The van der Waals surface area contributed by atoms with Crippen molar-refractivity contribution in [2.45, 2.75) is 12.8 Å². The monoisotopic (exact) mass is 295 g/mol. The lowest BCUT2D eigenvalue weighted by molar-refractivity contribution is 0.0600. The molecule has 1 aliphatic rings. The number of carbonyl (C=O) groups excluding carboxylic acids is 2. The summed E-state index contributed by atoms with van der Waals surface area (Å²) in [6.07, 6.45) is 1.96. The van der Waals surface area contributed by atoms with Crippen LogP contribution in [0.15, 0.2) is 48.5 Å². The molecule has 0 saturated heterocycles. The van der Waals surface area contributed by atoms with Gasteiger partial charge in [-0.15, -0.1) is 0 Å². The Morgan fingerprint density at radius 2 is 1.68 bits per heavy atom. The summed E-state index contributed by atoms with van der Waals surface area (Å²) in [7, 11) is 1.34. The number of methoxy groups -OCH3 is 1. The lowest BCUT2D eigenvalue weighted by Crippen LogP contribution is -2.35. The van der Waals surface area contributed by atoms with Crippen LogP contribution in [-0.4, -0.2) is 25.5 Å². The largest absolute Gasteiger partial charge is 0.465 e. The highest BCUT2D eigenvalue weighted by Gasteiger charge is 2.23. The second kappa shape index (κ2) is 6.02. The second-order valence-corrected chi connectivity index (χ2v) is 5.26. The molecule has 0 fully saturated rings. The van der Waals surface area contributed by atoms with Gasteiger partial charge in [0.1, 0.15) is 0 Å². The number of rotatable bonds is 2. The Morgan fingerprint density at radius 1 is 1.00 bits per heavy atom. The molecule has 4 heteroatoms. The van der Waals surface area contributed by atoms with Gasteiger partial charge in [0.15, 0.2) is 0 Å². The fraction of sp³-hybridized carbons (Fsp3) is 0.222. The van der Waals surface area contributed by atoms with Gasteiger partial charge in [0.05, 0.1) is 12.7 Å². The number of anilines is 1. The maximum Gasteiger partial charge on any atom is 0.337 e. The zero-order valence-corrected chi connectivity index (χ0v) is 12.4. The maximum absolute atomic E-state index is 12.7. The number of para-hydroxylation sites is 1. The van der Waals surface area contributed by atoms with E-state index in [0.717, 1.165) is 18.5 Å². The van der Waals surface area contributed by atoms with E-state index < -0.39 is 5.97 Å². The summed E-state index contributed by atoms with van der Waals surface area (Å²) in [5.74, 6) is -0.439. The van der Waals surface area contributed by atoms with Crippen LogP contribution >= 0.6 is 0 Å². The standard InChI is InChI=1S/C18H17NO3/c1-22-18(21)15-10-8-14(9-11-15)17(20)19-12-4-6-13-5-2-3-7-16(13)19/h2-3,5,7-11H,4,6,12H2,1H3. The number of aryl methyl sites for hydroxylation is 1. The van der Waals surface area contributed by atoms with Crippen LogP contribution in [0, 0.1) is 0 Å². The summed E-state index contributed by atoms with van der Waals surface area (Å²) in [6, 6.07) is 14.6. The van der Waals surface area contributed by atoms with E-state index in [1.54, 1.807) is 24.3 Å². The first kappa shape index (κ1) is 14.3. The summed E-state index contributed by atoms with van der Waals surface area (Å²) in [5, 5.41) is 0. The van der Waals surface area contributed by atoms with Gasteiger partial charge in [-0.1, -0.05) is 18.2 Å². The Bertz CT molecular complexity index is 707. The first-order chi connectivity index (χ1) is 10.7. The molecule has 2 aromatic carbocycles. The maximum atomic E-state index is 12.7. The zero-order valence-electron chi connectivity index (χ0n) is 12.4. The predicted molar refractivity (Wildman–Crippen MR) is 84.2 cm³/mol. The second-order valence-electron chi connectivity index (χ2n) is 5.26. The van der Waals surface area contributed by atoms with Crippen LogP contribution in [-0.2, 0) is 11.2 Å². The molecule has 0 N–H and O–H groups in total. The van der Waals surface area contributed by atoms with Crippen LogP contribution in [0.25, 0.3) is 0 Å². The van der Waals surface area contributed by atoms with Crippen LogP contribution in [0.3, 0.4) is 0 Å². The molecule has 0 unspecified atom stereocenters. The Kier molecular flexibility index (Phi) is 3.92. The number of hydrogen-bond acceptors (Lipinski definition) is 3. The molecular formula is C18H17NO3. The summed E-state index contributed by atoms with van der Waals surface area (Å²) in [6.45, 7) is 0.717. The Hall–Kier alpha value is -2.62. The number of carbonyl (C=O) groups is 2. The molecular weight excluding hydrogens is 278 g/mol. The molecule has 1 heterocycles. The van der Waals surface area contributed by atoms with Crippen molar-refractivity contribution >= 4 is 17.6 Å². The van der Waals surface area contributed by atoms with Crippen LogP contribution in [0.5, 0.6) is 0 Å². The van der Waals surface area contributed by atoms with Gasteiger partial charge in [-0.2, -0.15) is 0 Å². The minimum absolute atomic E-state index is 0.0384. The molecule has 1 aliphatic heterocycles. The zero-order chi connectivity index (χ0) is 15.5. The fourth-order valence-corrected chi connectivity index (χ4v) is 2.77. The van der Waals surface area contributed by atoms with Gasteiger partial charge in [0.2, 0.25) is 0 Å². The van der Waals surface area contributed by atoms with Crippen LogP contribution in [0.2, 0.25) is 0 Å². The molecule has 1 amide bonds. The van der Waals surface area contributed by atoms with E-state index in [1.165, 1.54) is 12.7 Å². The van der Waals surface area contributed by atoms with Crippen molar-refractivity contribution in [2.24, 2.45) is 0 Å². The van der Waals surface area contributed by atoms with Crippen molar-refractivity contribution in [2.75, 3.05) is 18.6 Å². The van der Waals surface area contributed by atoms with E-state index in [2.05, 4.69) is 10.8 Å². The third-order valence-corrected chi connectivity index (χ3v) is 3.91. The third kappa shape index (κ3) is 2.60. The molecule has 0 aromatic heterocycles. The minimum atomic E-state index is -0.401. The van der Waals surface area contributed by atoms with Crippen molar-refractivity contribution < 1.29 is 14.3 Å². The van der Waals surface area contributed by atoms with E-state index in [9.17, 15) is 9.59 Å². The third-order valence-electron chi connectivity index (χ3n) is 3.91. The van der Waals surface area contributed by atoms with E-state index in [1.807, 2.05) is 23.1 Å².